The summed E-state index contributed by atoms with van der Waals surface area (Å²) in [6.07, 6.45) is 2.71. The average Bonchev–Trinajstić information content (AvgIpc) is 3.21. The zero-order valence-corrected chi connectivity index (χ0v) is 20.0. The molecule has 0 unspecified atom stereocenters. The Morgan fingerprint density at radius 2 is 1.79 bits per heavy atom. The molecule has 1 aliphatic heterocycles. The number of likely N-dealkylation sites (N-methyl/N-ethyl adjacent to an activating group) is 1. The average molecular weight is 448 g/mol. The highest BCUT2D eigenvalue weighted by Crippen LogP contribution is 2.25. The van der Waals surface area contributed by atoms with Crippen molar-refractivity contribution in [1.82, 2.24) is 19.4 Å². The summed E-state index contributed by atoms with van der Waals surface area (Å²) >= 11 is 0. The van der Waals surface area contributed by atoms with Crippen LogP contribution in [0, 0.1) is 0 Å². The van der Waals surface area contributed by atoms with Gasteiger partial charge < -0.3 is 19.3 Å². The van der Waals surface area contributed by atoms with E-state index in [2.05, 4.69) is 35.3 Å². The van der Waals surface area contributed by atoms with Crippen LogP contribution in [0.4, 0.5) is 5.69 Å². The SMILES string of the molecule is CC(=O)N1CCCN(C)CCN(C(=O)c2ccc3c(c2)ncn3C(C)C)Cc2ccccc21. The van der Waals surface area contributed by atoms with Gasteiger partial charge in [0, 0.05) is 50.4 Å². The molecule has 7 heteroatoms. The van der Waals surface area contributed by atoms with Crippen molar-refractivity contribution in [2.75, 3.05) is 38.1 Å². The second kappa shape index (κ2) is 9.75. The number of anilines is 1. The quantitative estimate of drug-likeness (QED) is 0.597. The van der Waals surface area contributed by atoms with Gasteiger partial charge >= 0.3 is 0 Å². The van der Waals surface area contributed by atoms with E-state index >= 15 is 0 Å². The molecular weight excluding hydrogens is 414 g/mol. The van der Waals surface area contributed by atoms with Gasteiger partial charge in [0.05, 0.1) is 17.4 Å². The van der Waals surface area contributed by atoms with Crippen molar-refractivity contribution >= 4 is 28.5 Å². The van der Waals surface area contributed by atoms with Crippen molar-refractivity contribution in [2.45, 2.75) is 39.8 Å². The first-order valence-electron chi connectivity index (χ1n) is 11.7. The van der Waals surface area contributed by atoms with Gasteiger partial charge in [-0.15, -0.1) is 0 Å². The summed E-state index contributed by atoms with van der Waals surface area (Å²) < 4.78 is 2.11. The smallest absolute Gasteiger partial charge is 0.254 e. The summed E-state index contributed by atoms with van der Waals surface area (Å²) in [5.41, 5.74) is 4.36. The number of rotatable bonds is 2. The van der Waals surface area contributed by atoms with E-state index in [9.17, 15) is 9.59 Å². The molecule has 2 aromatic carbocycles. The molecule has 4 rings (SSSR count). The lowest BCUT2D eigenvalue weighted by Crippen LogP contribution is -2.37. The van der Waals surface area contributed by atoms with Gasteiger partial charge in [0.1, 0.15) is 0 Å². The summed E-state index contributed by atoms with van der Waals surface area (Å²) in [5.74, 6) is 0.00115. The monoisotopic (exact) mass is 447 g/mol. The van der Waals surface area contributed by atoms with Crippen LogP contribution in [-0.2, 0) is 11.3 Å². The Labute approximate surface area is 195 Å². The third kappa shape index (κ3) is 4.93. The third-order valence-corrected chi connectivity index (χ3v) is 6.36. The summed E-state index contributed by atoms with van der Waals surface area (Å²) in [5, 5.41) is 0. The van der Waals surface area contributed by atoms with Crippen molar-refractivity contribution in [3.05, 3.63) is 59.9 Å². The molecule has 0 saturated heterocycles. The molecule has 1 aliphatic rings. The number of benzene rings is 2. The second-order valence-electron chi connectivity index (χ2n) is 9.13. The topological polar surface area (TPSA) is 61.7 Å². The lowest BCUT2D eigenvalue weighted by atomic mass is 10.1. The molecule has 0 aliphatic carbocycles. The Morgan fingerprint density at radius 1 is 1.00 bits per heavy atom. The molecule has 0 N–H and O–H groups in total. The number of carbonyl (C=O) groups excluding carboxylic acids is 2. The number of amides is 2. The minimum atomic E-state index is -0.0205. The predicted octanol–water partition coefficient (Wildman–Crippen LogP) is 3.95. The van der Waals surface area contributed by atoms with Crippen LogP contribution < -0.4 is 4.90 Å². The molecular formula is C26H33N5O2. The highest BCUT2D eigenvalue weighted by Gasteiger charge is 2.23. The lowest BCUT2D eigenvalue weighted by molar-refractivity contribution is -0.116. The molecule has 174 valence electrons. The van der Waals surface area contributed by atoms with Gasteiger partial charge in [-0.05, 0) is 63.7 Å². The van der Waals surface area contributed by atoms with Crippen molar-refractivity contribution in [2.24, 2.45) is 0 Å². The van der Waals surface area contributed by atoms with Crippen molar-refractivity contribution in [3.8, 4) is 0 Å². The second-order valence-corrected chi connectivity index (χ2v) is 9.13. The number of aromatic nitrogens is 2. The van der Waals surface area contributed by atoms with E-state index < -0.39 is 0 Å². The number of fused-ring (bicyclic) bond motifs is 2. The van der Waals surface area contributed by atoms with E-state index in [0.717, 1.165) is 41.8 Å². The summed E-state index contributed by atoms with van der Waals surface area (Å²) in [4.78, 5) is 36.6. The molecule has 1 aromatic heterocycles. The zero-order valence-electron chi connectivity index (χ0n) is 20.0. The molecule has 0 saturated carbocycles. The van der Waals surface area contributed by atoms with Gasteiger partial charge in [0.15, 0.2) is 0 Å². The number of imidazole rings is 1. The van der Waals surface area contributed by atoms with Crippen LogP contribution in [0.3, 0.4) is 0 Å². The number of hydrogen-bond acceptors (Lipinski definition) is 4. The molecule has 2 amide bonds. The third-order valence-electron chi connectivity index (χ3n) is 6.36. The predicted molar refractivity (Wildman–Crippen MR) is 131 cm³/mol. The van der Waals surface area contributed by atoms with Gasteiger partial charge in [-0.3, -0.25) is 9.59 Å². The van der Waals surface area contributed by atoms with Gasteiger partial charge in [0.25, 0.3) is 5.91 Å². The zero-order chi connectivity index (χ0) is 23.5. The van der Waals surface area contributed by atoms with Crippen molar-refractivity contribution in [1.29, 1.82) is 0 Å². The van der Waals surface area contributed by atoms with E-state index in [4.69, 9.17) is 0 Å². The molecule has 7 nitrogen and oxygen atoms in total. The first kappa shape index (κ1) is 23.0. The van der Waals surface area contributed by atoms with E-state index in [1.165, 1.54) is 0 Å². The first-order valence-corrected chi connectivity index (χ1v) is 11.7. The highest BCUT2D eigenvalue weighted by molar-refractivity contribution is 5.97. The number of para-hydroxylation sites is 1. The van der Waals surface area contributed by atoms with Crippen LogP contribution in [0.2, 0.25) is 0 Å². The first-order chi connectivity index (χ1) is 15.8. The van der Waals surface area contributed by atoms with Gasteiger partial charge in [-0.1, -0.05) is 18.2 Å². The van der Waals surface area contributed by atoms with Gasteiger partial charge in [-0.2, -0.15) is 0 Å². The van der Waals surface area contributed by atoms with E-state index in [-0.39, 0.29) is 11.8 Å². The van der Waals surface area contributed by atoms with Crippen LogP contribution in [0.15, 0.2) is 48.8 Å². The molecule has 0 atom stereocenters. The number of nitrogens with zero attached hydrogens (tertiary/aromatic N) is 5. The molecule has 0 spiro atoms. The maximum absolute atomic E-state index is 13.7. The Hall–Kier alpha value is -3.19. The van der Waals surface area contributed by atoms with Gasteiger partial charge in [-0.25, -0.2) is 4.98 Å². The Balaban J connectivity index is 1.69. The fourth-order valence-corrected chi connectivity index (χ4v) is 4.47. The van der Waals surface area contributed by atoms with Crippen molar-refractivity contribution < 1.29 is 9.59 Å². The van der Waals surface area contributed by atoms with Crippen LogP contribution in [0.25, 0.3) is 11.0 Å². The molecule has 3 aromatic rings. The van der Waals surface area contributed by atoms with Crippen LogP contribution in [-0.4, -0.2) is 64.4 Å². The minimum absolute atomic E-state index is 0.0205. The largest absolute Gasteiger partial charge is 0.333 e. The minimum Gasteiger partial charge on any atom is -0.333 e. The molecule has 2 heterocycles. The normalized spacial score (nSPS) is 16.0. The van der Waals surface area contributed by atoms with E-state index in [0.29, 0.717) is 31.2 Å². The fraction of sp³-hybridized carbons (Fsp3) is 0.423. The van der Waals surface area contributed by atoms with Crippen molar-refractivity contribution in [3.63, 3.8) is 0 Å². The Bertz CT molecular complexity index is 1150. The molecule has 0 bridgehead atoms. The van der Waals surface area contributed by atoms with Crippen LogP contribution in [0.5, 0.6) is 0 Å². The van der Waals surface area contributed by atoms with Crippen LogP contribution in [0.1, 0.15) is 49.2 Å². The molecule has 33 heavy (non-hydrogen) atoms. The van der Waals surface area contributed by atoms with Gasteiger partial charge in [0.2, 0.25) is 5.91 Å². The van der Waals surface area contributed by atoms with E-state index in [1.54, 1.807) is 6.92 Å². The summed E-state index contributed by atoms with van der Waals surface area (Å²) in [6, 6.07) is 14.0. The van der Waals surface area contributed by atoms with E-state index in [1.807, 2.05) is 58.6 Å². The highest BCUT2D eigenvalue weighted by atomic mass is 16.2. The maximum atomic E-state index is 13.7. The summed E-state index contributed by atoms with van der Waals surface area (Å²) in [6.45, 7) is 9.21. The standard InChI is InChI=1S/C26H33N5O2/c1-19(2)31-18-27-23-16-21(10-11-25(23)31)26(33)29-15-14-28(4)12-7-13-30(20(3)32)24-9-6-5-8-22(24)17-29/h5-6,8-11,16,18-19H,7,12-15,17H2,1-4H3. The number of hydrogen-bond donors (Lipinski definition) is 0. The summed E-state index contributed by atoms with van der Waals surface area (Å²) in [7, 11) is 2.07. The maximum Gasteiger partial charge on any atom is 0.254 e. The fourth-order valence-electron chi connectivity index (χ4n) is 4.47. The lowest BCUT2D eigenvalue weighted by Gasteiger charge is -2.27. The Kier molecular flexibility index (Phi) is 6.79. The Morgan fingerprint density at radius 3 is 2.55 bits per heavy atom. The van der Waals surface area contributed by atoms with Crippen LogP contribution >= 0.6 is 0 Å². The number of carbonyl (C=O) groups is 2. The molecule has 0 radical (unpaired) electrons. The molecule has 0 fully saturated rings.